The average molecular weight is 307 g/mol. The quantitative estimate of drug-likeness (QED) is 0.806. The predicted octanol–water partition coefficient (Wildman–Crippen LogP) is 2.14. The number of rotatable bonds is 3. The van der Waals surface area contributed by atoms with Gasteiger partial charge in [0, 0.05) is 37.3 Å². The Labute approximate surface area is 133 Å². The van der Waals surface area contributed by atoms with Gasteiger partial charge in [-0.05, 0) is 17.2 Å². The highest BCUT2D eigenvalue weighted by Crippen LogP contribution is 2.36. The van der Waals surface area contributed by atoms with Crippen LogP contribution in [0.5, 0.6) is 0 Å². The van der Waals surface area contributed by atoms with E-state index >= 15 is 0 Å². The molecule has 23 heavy (non-hydrogen) atoms. The Morgan fingerprint density at radius 2 is 2.22 bits per heavy atom. The summed E-state index contributed by atoms with van der Waals surface area (Å²) in [7, 11) is 1.84. The number of hydrogen-bond acceptors (Lipinski definition) is 3. The van der Waals surface area contributed by atoms with Crippen LogP contribution in [0.3, 0.4) is 0 Å². The number of aromatic nitrogens is 4. The lowest BCUT2D eigenvalue weighted by atomic mass is 9.86. The molecule has 0 saturated heterocycles. The van der Waals surface area contributed by atoms with Gasteiger partial charge >= 0.3 is 0 Å². The molecule has 0 fully saturated rings. The highest BCUT2D eigenvalue weighted by atomic mass is 16.1. The lowest BCUT2D eigenvalue weighted by molar-refractivity contribution is -0.116. The molecule has 3 heterocycles. The molecule has 1 unspecified atom stereocenters. The number of hydrogen-bond donors (Lipinski definition) is 1. The maximum absolute atomic E-state index is 12.0. The first-order valence-electron chi connectivity index (χ1n) is 7.59. The van der Waals surface area contributed by atoms with Crippen molar-refractivity contribution in [1.82, 2.24) is 19.6 Å². The highest BCUT2D eigenvalue weighted by molar-refractivity contribution is 5.94. The molecule has 1 aliphatic heterocycles. The summed E-state index contributed by atoms with van der Waals surface area (Å²) in [4.78, 5) is 12.0. The Morgan fingerprint density at radius 3 is 3.04 bits per heavy atom. The van der Waals surface area contributed by atoms with E-state index in [4.69, 9.17) is 0 Å². The van der Waals surface area contributed by atoms with E-state index in [1.54, 1.807) is 10.9 Å². The Morgan fingerprint density at radius 1 is 1.30 bits per heavy atom. The van der Waals surface area contributed by atoms with E-state index in [0.29, 0.717) is 6.42 Å². The average Bonchev–Trinajstić information content (AvgIpc) is 3.18. The molecule has 1 atom stereocenters. The van der Waals surface area contributed by atoms with Gasteiger partial charge in [0.05, 0.1) is 12.7 Å². The topological polar surface area (TPSA) is 64.7 Å². The molecule has 6 nitrogen and oxygen atoms in total. The van der Waals surface area contributed by atoms with Crippen molar-refractivity contribution in [3.8, 4) is 0 Å². The minimum atomic E-state index is 0.0311. The van der Waals surface area contributed by atoms with Gasteiger partial charge in [-0.1, -0.05) is 24.3 Å². The Balaban J connectivity index is 1.69. The van der Waals surface area contributed by atoms with Crippen molar-refractivity contribution in [2.75, 3.05) is 5.32 Å². The Hall–Kier alpha value is -2.89. The third-order valence-corrected chi connectivity index (χ3v) is 4.25. The molecule has 6 heteroatoms. The first-order chi connectivity index (χ1) is 11.2. The van der Waals surface area contributed by atoms with E-state index in [1.807, 2.05) is 36.3 Å². The van der Waals surface area contributed by atoms with Crippen LogP contribution in [0.2, 0.25) is 0 Å². The van der Waals surface area contributed by atoms with Crippen LogP contribution in [0.15, 0.2) is 48.9 Å². The third kappa shape index (κ3) is 2.52. The SMILES string of the molecule is Cn1ncc2c1NC(=O)CC2c1cccc(Cn2cccn2)c1. The van der Waals surface area contributed by atoms with Gasteiger partial charge in [0.15, 0.2) is 0 Å². The van der Waals surface area contributed by atoms with Crippen molar-refractivity contribution in [3.63, 3.8) is 0 Å². The number of amides is 1. The number of benzene rings is 1. The van der Waals surface area contributed by atoms with Gasteiger partial charge in [0.2, 0.25) is 5.91 Å². The first kappa shape index (κ1) is 13.8. The number of aryl methyl sites for hydroxylation is 1. The molecule has 0 aliphatic carbocycles. The van der Waals surface area contributed by atoms with Crippen LogP contribution in [-0.2, 0) is 18.4 Å². The van der Waals surface area contributed by atoms with Crippen LogP contribution in [0, 0.1) is 0 Å². The second kappa shape index (κ2) is 5.39. The summed E-state index contributed by atoms with van der Waals surface area (Å²) in [6, 6.07) is 10.3. The van der Waals surface area contributed by atoms with Crippen LogP contribution in [-0.4, -0.2) is 25.5 Å². The van der Waals surface area contributed by atoms with Crippen LogP contribution in [0.1, 0.15) is 29.0 Å². The van der Waals surface area contributed by atoms with Crippen LogP contribution in [0.4, 0.5) is 5.82 Å². The summed E-state index contributed by atoms with van der Waals surface area (Å²) in [6.07, 6.45) is 6.01. The maximum atomic E-state index is 12.0. The lowest BCUT2D eigenvalue weighted by Crippen LogP contribution is -2.24. The largest absolute Gasteiger partial charge is 0.311 e. The number of nitrogens with one attached hydrogen (secondary N) is 1. The fraction of sp³-hybridized carbons (Fsp3) is 0.235. The molecule has 2 aromatic heterocycles. The number of carbonyl (C=O) groups excluding carboxylic acids is 1. The second-order valence-electron chi connectivity index (χ2n) is 5.83. The van der Waals surface area contributed by atoms with E-state index < -0.39 is 0 Å². The van der Waals surface area contributed by atoms with E-state index in [9.17, 15) is 4.79 Å². The molecular weight excluding hydrogens is 290 g/mol. The standard InChI is InChI=1S/C17H17N5O/c1-21-17-15(10-19-21)14(9-16(23)20-17)13-5-2-4-12(8-13)11-22-7-3-6-18-22/h2-8,10,14H,9,11H2,1H3,(H,20,23). The molecule has 4 rings (SSSR count). The van der Waals surface area contributed by atoms with Gasteiger partial charge in [-0.15, -0.1) is 0 Å². The third-order valence-electron chi connectivity index (χ3n) is 4.25. The van der Waals surface area contributed by atoms with Gasteiger partial charge < -0.3 is 5.32 Å². The van der Waals surface area contributed by atoms with Crippen molar-refractivity contribution in [2.45, 2.75) is 18.9 Å². The molecule has 3 aromatic rings. The van der Waals surface area contributed by atoms with Crippen molar-refractivity contribution >= 4 is 11.7 Å². The van der Waals surface area contributed by atoms with Gasteiger partial charge in [0.25, 0.3) is 0 Å². The van der Waals surface area contributed by atoms with Gasteiger partial charge in [-0.25, -0.2) is 0 Å². The fourth-order valence-electron chi connectivity index (χ4n) is 3.13. The van der Waals surface area contributed by atoms with Crippen LogP contribution < -0.4 is 5.32 Å². The van der Waals surface area contributed by atoms with Crippen molar-refractivity contribution in [3.05, 3.63) is 65.6 Å². The predicted molar refractivity (Wildman–Crippen MR) is 86.1 cm³/mol. The molecule has 116 valence electrons. The van der Waals surface area contributed by atoms with Crippen LogP contribution in [0.25, 0.3) is 0 Å². The minimum absolute atomic E-state index is 0.0311. The van der Waals surface area contributed by atoms with Crippen molar-refractivity contribution in [1.29, 1.82) is 0 Å². The zero-order valence-electron chi connectivity index (χ0n) is 12.8. The minimum Gasteiger partial charge on any atom is -0.311 e. The molecule has 1 aromatic carbocycles. The van der Waals surface area contributed by atoms with E-state index in [0.717, 1.165) is 23.5 Å². The summed E-state index contributed by atoms with van der Waals surface area (Å²) < 4.78 is 3.61. The second-order valence-corrected chi connectivity index (χ2v) is 5.83. The summed E-state index contributed by atoms with van der Waals surface area (Å²) in [6.45, 7) is 0.722. The molecule has 0 bridgehead atoms. The molecule has 1 N–H and O–H groups in total. The molecule has 1 amide bonds. The maximum Gasteiger partial charge on any atom is 0.226 e. The molecule has 0 spiro atoms. The smallest absolute Gasteiger partial charge is 0.226 e. The van der Waals surface area contributed by atoms with Gasteiger partial charge in [-0.3, -0.25) is 14.2 Å². The normalized spacial score (nSPS) is 16.9. The zero-order chi connectivity index (χ0) is 15.8. The summed E-state index contributed by atoms with van der Waals surface area (Å²) in [5.74, 6) is 0.873. The highest BCUT2D eigenvalue weighted by Gasteiger charge is 2.29. The number of anilines is 1. The molecule has 0 radical (unpaired) electrons. The summed E-state index contributed by atoms with van der Waals surface area (Å²) in [5.41, 5.74) is 3.38. The monoisotopic (exact) mass is 307 g/mol. The first-order valence-corrected chi connectivity index (χ1v) is 7.59. The number of nitrogens with zero attached hydrogens (tertiary/aromatic N) is 4. The lowest BCUT2D eigenvalue weighted by Gasteiger charge is -2.23. The summed E-state index contributed by atoms with van der Waals surface area (Å²) in [5, 5.41) is 11.4. The van der Waals surface area contributed by atoms with Crippen molar-refractivity contribution in [2.24, 2.45) is 7.05 Å². The molecular formula is C17H17N5O. The van der Waals surface area contributed by atoms with Gasteiger partial charge in [0.1, 0.15) is 5.82 Å². The van der Waals surface area contributed by atoms with Gasteiger partial charge in [-0.2, -0.15) is 10.2 Å². The molecule has 1 aliphatic rings. The van der Waals surface area contributed by atoms with Crippen molar-refractivity contribution < 1.29 is 4.79 Å². The number of carbonyl (C=O) groups is 1. The Kier molecular flexibility index (Phi) is 3.22. The van der Waals surface area contributed by atoms with E-state index in [1.165, 1.54) is 5.56 Å². The fourth-order valence-corrected chi connectivity index (χ4v) is 3.13. The molecule has 0 saturated carbocycles. The summed E-state index contributed by atoms with van der Waals surface area (Å²) >= 11 is 0. The zero-order valence-corrected chi connectivity index (χ0v) is 12.8. The Bertz CT molecular complexity index is 850. The van der Waals surface area contributed by atoms with E-state index in [-0.39, 0.29) is 11.8 Å². The van der Waals surface area contributed by atoms with E-state index in [2.05, 4.69) is 33.7 Å². The number of fused-ring (bicyclic) bond motifs is 1. The van der Waals surface area contributed by atoms with Crippen LogP contribution >= 0.6 is 0 Å².